The fourth-order valence-corrected chi connectivity index (χ4v) is 3.38. The summed E-state index contributed by atoms with van der Waals surface area (Å²) in [6, 6.07) is 8.16. The predicted octanol–water partition coefficient (Wildman–Crippen LogP) is 4.09. The van der Waals surface area contributed by atoms with Crippen molar-refractivity contribution in [2.75, 3.05) is 6.61 Å². The van der Waals surface area contributed by atoms with Crippen LogP contribution in [0.2, 0.25) is 0 Å². The number of benzene rings is 1. The molecule has 24 heavy (non-hydrogen) atoms. The van der Waals surface area contributed by atoms with Crippen molar-refractivity contribution in [3.8, 4) is 22.6 Å². The van der Waals surface area contributed by atoms with E-state index in [0.717, 1.165) is 34.7 Å². The highest BCUT2D eigenvalue weighted by Gasteiger charge is 2.23. The summed E-state index contributed by atoms with van der Waals surface area (Å²) < 4.78 is 11.8. The minimum atomic E-state index is -0.323. The lowest BCUT2D eigenvalue weighted by Gasteiger charge is -2.27. The third kappa shape index (κ3) is 3.54. The van der Waals surface area contributed by atoms with Gasteiger partial charge >= 0.3 is 0 Å². The molecule has 4 nitrogen and oxygen atoms in total. The Morgan fingerprint density at radius 1 is 1.29 bits per heavy atom. The molecule has 2 N–H and O–H groups in total. The van der Waals surface area contributed by atoms with Crippen LogP contribution in [0, 0.1) is 12.8 Å². The summed E-state index contributed by atoms with van der Waals surface area (Å²) in [7, 11) is 0. The second-order valence-electron chi connectivity index (χ2n) is 7.42. The molecule has 0 spiro atoms. The molecular formula is C20H26N2O2. The first kappa shape index (κ1) is 16.8. The van der Waals surface area contributed by atoms with Crippen LogP contribution in [-0.4, -0.2) is 17.1 Å². The Balaban J connectivity index is 1.79. The number of rotatable bonds is 5. The maximum absolute atomic E-state index is 6.33. The molecular weight excluding hydrogens is 300 g/mol. The molecule has 0 radical (unpaired) electrons. The van der Waals surface area contributed by atoms with Crippen LogP contribution in [0.25, 0.3) is 11.1 Å². The van der Waals surface area contributed by atoms with Crippen molar-refractivity contribution in [2.24, 2.45) is 11.7 Å². The fourth-order valence-electron chi connectivity index (χ4n) is 3.38. The van der Waals surface area contributed by atoms with E-state index in [1.807, 2.05) is 32.2 Å². The van der Waals surface area contributed by atoms with Gasteiger partial charge in [-0.2, -0.15) is 0 Å². The maximum atomic E-state index is 6.33. The summed E-state index contributed by atoms with van der Waals surface area (Å²) in [5.41, 5.74) is 10.3. The van der Waals surface area contributed by atoms with E-state index in [1.165, 1.54) is 5.56 Å². The molecule has 0 amide bonds. The van der Waals surface area contributed by atoms with Crippen molar-refractivity contribution in [3.05, 3.63) is 41.7 Å². The highest BCUT2D eigenvalue weighted by molar-refractivity contribution is 5.76. The van der Waals surface area contributed by atoms with Crippen molar-refractivity contribution in [3.63, 3.8) is 0 Å². The van der Waals surface area contributed by atoms with Gasteiger partial charge in [-0.05, 0) is 49.9 Å². The number of aromatic nitrogens is 1. The molecule has 0 saturated heterocycles. The van der Waals surface area contributed by atoms with Gasteiger partial charge in [0.1, 0.15) is 24.7 Å². The Kier molecular flexibility index (Phi) is 4.50. The van der Waals surface area contributed by atoms with Crippen molar-refractivity contribution in [1.29, 1.82) is 0 Å². The highest BCUT2D eigenvalue weighted by Crippen LogP contribution is 2.39. The lowest BCUT2D eigenvalue weighted by molar-refractivity contribution is 0.206. The summed E-state index contributed by atoms with van der Waals surface area (Å²) in [5, 5.41) is 0. The van der Waals surface area contributed by atoms with Gasteiger partial charge in [-0.25, -0.2) is 0 Å². The van der Waals surface area contributed by atoms with Crippen LogP contribution in [0.15, 0.2) is 30.5 Å². The topological polar surface area (TPSA) is 57.4 Å². The minimum Gasteiger partial charge on any atom is -0.492 e. The molecule has 0 fully saturated rings. The first-order valence-electron chi connectivity index (χ1n) is 8.49. The Labute approximate surface area is 144 Å². The number of nitrogens with zero attached hydrogens (tertiary/aromatic N) is 1. The Bertz CT molecular complexity index is 738. The number of ether oxygens (including phenoxy) is 2. The standard InChI is InChI=1S/C20H26N2O2/c1-13(2)10-20(4,21)12-24-16-5-6-17-15(9-16)11-23-19-14(3)22-8-7-18(17)19/h5-9,13H,10-12,21H2,1-4H3/t20-/m0/s1. The van der Waals surface area contributed by atoms with Gasteiger partial charge in [-0.1, -0.05) is 19.9 Å². The van der Waals surface area contributed by atoms with Crippen molar-refractivity contribution >= 4 is 0 Å². The predicted molar refractivity (Wildman–Crippen MR) is 96.3 cm³/mol. The van der Waals surface area contributed by atoms with Crippen molar-refractivity contribution < 1.29 is 9.47 Å². The molecule has 4 heteroatoms. The summed E-state index contributed by atoms with van der Waals surface area (Å²) in [5.74, 6) is 2.27. The van der Waals surface area contributed by atoms with Gasteiger partial charge < -0.3 is 15.2 Å². The molecule has 128 valence electrons. The normalized spacial score (nSPS) is 15.2. The second-order valence-corrected chi connectivity index (χ2v) is 7.42. The number of nitrogens with two attached hydrogens (primary N) is 1. The van der Waals surface area contributed by atoms with Crippen molar-refractivity contribution in [1.82, 2.24) is 4.98 Å². The zero-order valence-corrected chi connectivity index (χ0v) is 14.9. The number of pyridine rings is 1. The van der Waals surface area contributed by atoms with Gasteiger partial charge in [0.05, 0.1) is 5.69 Å². The average molecular weight is 326 g/mol. The van der Waals surface area contributed by atoms with E-state index in [4.69, 9.17) is 15.2 Å². The van der Waals surface area contributed by atoms with E-state index >= 15 is 0 Å². The summed E-state index contributed by atoms with van der Waals surface area (Å²) in [4.78, 5) is 4.30. The molecule has 0 aliphatic carbocycles. The summed E-state index contributed by atoms with van der Waals surface area (Å²) in [6.45, 7) is 9.41. The summed E-state index contributed by atoms with van der Waals surface area (Å²) >= 11 is 0. The maximum Gasteiger partial charge on any atom is 0.148 e. The van der Waals surface area contributed by atoms with Gasteiger partial charge in [0.2, 0.25) is 0 Å². The van der Waals surface area contributed by atoms with E-state index in [0.29, 0.717) is 19.1 Å². The van der Waals surface area contributed by atoms with Crippen LogP contribution in [0.4, 0.5) is 0 Å². The van der Waals surface area contributed by atoms with Crippen LogP contribution < -0.4 is 15.2 Å². The van der Waals surface area contributed by atoms with Crippen LogP contribution in [0.3, 0.4) is 0 Å². The minimum absolute atomic E-state index is 0.323. The van der Waals surface area contributed by atoms with Crippen LogP contribution in [0.1, 0.15) is 38.4 Å². The Morgan fingerprint density at radius 3 is 2.83 bits per heavy atom. The van der Waals surface area contributed by atoms with Gasteiger partial charge in [-0.3, -0.25) is 4.98 Å². The molecule has 2 aromatic rings. The van der Waals surface area contributed by atoms with E-state index in [2.05, 4.69) is 31.0 Å². The van der Waals surface area contributed by atoms with Crippen LogP contribution in [-0.2, 0) is 6.61 Å². The van der Waals surface area contributed by atoms with Gasteiger partial charge in [0.25, 0.3) is 0 Å². The lowest BCUT2D eigenvalue weighted by atomic mass is 9.93. The molecule has 1 atom stereocenters. The van der Waals surface area contributed by atoms with E-state index in [-0.39, 0.29) is 5.54 Å². The van der Waals surface area contributed by atoms with Gasteiger partial charge in [0, 0.05) is 22.9 Å². The first-order chi connectivity index (χ1) is 11.4. The second kappa shape index (κ2) is 6.44. The van der Waals surface area contributed by atoms with Gasteiger partial charge in [-0.15, -0.1) is 0 Å². The molecule has 0 bridgehead atoms. The monoisotopic (exact) mass is 326 g/mol. The number of aryl methyl sites for hydroxylation is 1. The van der Waals surface area contributed by atoms with Crippen molar-refractivity contribution in [2.45, 2.75) is 46.3 Å². The molecule has 2 heterocycles. The highest BCUT2D eigenvalue weighted by atomic mass is 16.5. The quantitative estimate of drug-likeness (QED) is 0.899. The molecule has 0 unspecified atom stereocenters. The fraction of sp³-hybridized carbons (Fsp3) is 0.450. The van der Waals surface area contributed by atoms with E-state index in [9.17, 15) is 0 Å². The number of hydrogen-bond donors (Lipinski definition) is 1. The first-order valence-corrected chi connectivity index (χ1v) is 8.49. The number of hydrogen-bond acceptors (Lipinski definition) is 4. The average Bonchev–Trinajstić information content (AvgIpc) is 2.51. The van der Waals surface area contributed by atoms with Crippen LogP contribution >= 0.6 is 0 Å². The number of fused-ring (bicyclic) bond motifs is 3. The Hall–Kier alpha value is -2.07. The van der Waals surface area contributed by atoms with E-state index in [1.54, 1.807) is 0 Å². The third-order valence-corrected chi connectivity index (χ3v) is 4.26. The van der Waals surface area contributed by atoms with Crippen LogP contribution in [0.5, 0.6) is 11.5 Å². The smallest absolute Gasteiger partial charge is 0.148 e. The summed E-state index contributed by atoms with van der Waals surface area (Å²) in [6.07, 6.45) is 2.75. The largest absolute Gasteiger partial charge is 0.492 e. The SMILES string of the molecule is Cc1nccc2c1OCc1cc(OC[C@@](C)(N)CC(C)C)ccc1-2. The molecule has 0 saturated carbocycles. The third-order valence-electron chi connectivity index (χ3n) is 4.26. The van der Waals surface area contributed by atoms with E-state index < -0.39 is 0 Å². The Morgan fingerprint density at radius 2 is 2.08 bits per heavy atom. The molecule has 1 aliphatic heterocycles. The molecule has 1 aromatic carbocycles. The van der Waals surface area contributed by atoms with Gasteiger partial charge in [0.15, 0.2) is 0 Å². The lowest BCUT2D eigenvalue weighted by Crippen LogP contribution is -2.43. The molecule has 3 rings (SSSR count). The zero-order chi connectivity index (χ0) is 17.3. The zero-order valence-electron chi connectivity index (χ0n) is 14.9. The molecule has 1 aromatic heterocycles. The molecule has 1 aliphatic rings.